The monoisotopic (exact) mass is 374 g/mol. The number of nitrogens with zero attached hydrogens (tertiary/aromatic N) is 1. The van der Waals surface area contributed by atoms with Gasteiger partial charge in [0.05, 0.1) is 12.5 Å². The first-order valence-electron chi connectivity index (χ1n) is 7.96. The van der Waals surface area contributed by atoms with Crippen molar-refractivity contribution in [1.82, 2.24) is 10.2 Å². The molecule has 1 atom stereocenters. The molecular weight excluding hydrogens is 357 g/mol. The van der Waals surface area contributed by atoms with Crippen LogP contribution in [0.15, 0.2) is 18.2 Å². The third-order valence-electron chi connectivity index (χ3n) is 3.97. The Morgan fingerprint density at radius 3 is 2.85 bits per heavy atom. The van der Waals surface area contributed by atoms with Crippen molar-refractivity contribution < 1.29 is 37.0 Å². The van der Waals surface area contributed by atoms with Gasteiger partial charge in [-0.2, -0.15) is 13.2 Å². The van der Waals surface area contributed by atoms with Crippen LogP contribution in [0, 0.1) is 5.92 Å². The van der Waals surface area contributed by atoms with E-state index in [-0.39, 0.29) is 32.9 Å². The lowest BCUT2D eigenvalue weighted by molar-refractivity contribution is -0.157. The molecule has 26 heavy (non-hydrogen) atoms. The Hall–Kier alpha value is -2.65. The minimum absolute atomic E-state index is 0.153. The van der Waals surface area contributed by atoms with Crippen LogP contribution >= 0.6 is 0 Å². The van der Waals surface area contributed by atoms with E-state index in [0.717, 1.165) is 0 Å². The van der Waals surface area contributed by atoms with Crippen LogP contribution in [0.5, 0.6) is 17.2 Å². The summed E-state index contributed by atoms with van der Waals surface area (Å²) in [4.78, 5) is 24.2. The second-order valence-corrected chi connectivity index (χ2v) is 5.95. The third kappa shape index (κ3) is 4.50. The van der Waals surface area contributed by atoms with Gasteiger partial charge in [0.25, 0.3) is 0 Å². The minimum Gasteiger partial charge on any atom is -0.492 e. The van der Waals surface area contributed by atoms with Crippen molar-refractivity contribution in [3.8, 4) is 17.2 Å². The summed E-state index contributed by atoms with van der Waals surface area (Å²) >= 11 is 0. The molecule has 2 aliphatic heterocycles. The maximum absolute atomic E-state index is 12.4. The maximum Gasteiger partial charge on any atom is 0.406 e. The molecule has 10 heteroatoms. The van der Waals surface area contributed by atoms with Crippen molar-refractivity contribution in [3.05, 3.63) is 18.2 Å². The number of amides is 2. The highest BCUT2D eigenvalue weighted by Crippen LogP contribution is 2.35. The van der Waals surface area contributed by atoms with Crippen LogP contribution in [0.25, 0.3) is 0 Å². The first kappa shape index (κ1) is 18.2. The third-order valence-corrected chi connectivity index (χ3v) is 3.97. The normalized spacial score (nSPS) is 19.0. The van der Waals surface area contributed by atoms with Gasteiger partial charge in [0.15, 0.2) is 11.5 Å². The molecule has 2 aliphatic rings. The number of benzene rings is 1. The zero-order valence-corrected chi connectivity index (χ0v) is 13.7. The average molecular weight is 374 g/mol. The first-order valence-corrected chi connectivity index (χ1v) is 7.96. The van der Waals surface area contributed by atoms with Crippen molar-refractivity contribution >= 4 is 11.8 Å². The van der Waals surface area contributed by atoms with Gasteiger partial charge in [-0.1, -0.05) is 0 Å². The number of likely N-dealkylation sites (tertiary alicyclic amines) is 1. The van der Waals surface area contributed by atoms with Crippen LogP contribution in [-0.2, 0) is 9.59 Å². The molecule has 0 radical (unpaired) electrons. The zero-order chi connectivity index (χ0) is 18.7. The van der Waals surface area contributed by atoms with E-state index in [1.807, 2.05) is 0 Å². The molecule has 1 unspecified atom stereocenters. The fourth-order valence-corrected chi connectivity index (χ4v) is 2.77. The second-order valence-electron chi connectivity index (χ2n) is 5.95. The molecule has 1 fully saturated rings. The fourth-order valence-electron chi connectivity index (χ4n) is 2.77. The van der Waals surface area contributed by atoms with E-state index >= 15 is 0 Å². The SMILES string of the molecule is O=C(NCCOc1ccc2c(c1)OCO2)C1CC(=O)N(CC(F)(F)F)C1. The van der Waals surface area contributed by atoms with E-state index < -0.39 is 30.5 Å². The van der Waals surface area contributed by atoms with Crippen LogP contribution in [0.4, 0.5) is 13.2 Å². The highest BCUT2D eigenvalue weighted by atomic mass is 19.4. The van der Waals surface area contributed by atoms with Gasteiger partial charge in [0.1, 0.15) is 18.9 Å². The van der Waals surface area contributed by atoms with Crippen molar-refractivity contribution in [3.63, 3.8) is 0 Å². The predicted octanol–water partition coefficient (Wildman–Crippen LogP) is 1.32. The number of hydrogen-bond acceptors (Lipinski definition) is 5. The van der Waals surface area contributed by atoms with Crippen molar-refractivity contribution in [2.45, 2.75) is 12.6 Å². The maximum atomic E-state index is 12.4. The van der Waals surface area contributed by atoms with Crippen molar-refractivity contribution in [1.29, 1.82) is 0 Å². The molecule has 2 heterocycles. The molecule has 0 aromatic heterocycles. The summed E-state index contributed by atoms with van der Waals surface area (Å²) in [6.45, 7) is -1.08. The van der Waals surface area contributed by atoms with E-state index in [1.165, 1.54) is 0 Å². The Morgan fingerprint density at radius 1 is 1.31 bits per heavy atom. The minimum atomic E-state index is -4.47. The lowest BCUT2D eigenvalue weighted by atomic mass is 10.1. The van der Waals surface area contributed by atoms with E-state index in [1.54, 1.807) is 18.2 Å². The van der Waals surface area contributed by atoms with Gasteiger partial charge in [0, 0.05) is 19.0 Å². The average Bonchev–Trinajstić information content (AvgIpc) is 3.16. The van der Waals surface area contributed by atoms with Crippen LogP contribution in [0.2, 0.25) is 0 Å². The van der Waals surface area contributed by atoms with Crippen molar-refractivity contribution in [2.24, 2.45) is 5.92 Å². The van der Waals surface area contributed by atoms with Gasteiger partial charge < -0.3 is 24.4 Å². The number of carbonyl (C=O) groups is 2. The van der Waals surface area contributed by atoms with Crippen molar-refractivity contribution in [2.75, 3.05) is 33.0 Å². The molecule has 0 spiro atoms. The summed E-state index contributed by atoms with van der Waals surface area (Å²) in [5, 5.41) is 2.57. The second kappa shape index (κ2) is 7.30. The first-order chi connectivity index (χ1) is 12.3. The van der Waals surface area contributed by atoms with E-state index in [4.69, 9.17) is 14.2 Å². The molecule has 7 nitrogen and oxygen atoms in total. The van der Waals surface area contributed by atoms with Crippen LogP contribution in [0.3, 0.4) is 0 Å². The van der Waals surface area contributed by atoms with Gasteiger partial charge in [-0.05, 0) is 12.1 Å². The van der Waals surface area contributed by atoms with Gasteiger partial charge in [0.2, 0.25) is 18.6 Å². The molecule has 0 aliphatic carbocycles. The standard InChI is InChI=1S/C16H17F3N2O5/c17-16(18,19)8-21-7-10(5-14(21)22)15(23)20-3-4-24-11-1-2-12-13(6-11)26-9-25-12/h1-2,6,10H,3-5,7-9H2,(H,20,23). The van der Waals surface area contributed by atoms with Gasteiger partial charge >= 0.3 is 6.18 Å². The number of alkyl halides is 3. The molecule has 0 saturated carbocycles. The topological polar surface area (TPSA) is 77.1 Å². The fraction of sp³-hybridized carbons (Fsp3) is 0.500. The zero-order valence-electron chi connectivity index (χ0n) is 13.7. The lowest BCUT2D eigenvalue weighted by Gasteiger charge is -2.18. The number of ether oxygens (including phenoxy) is 3. The summed E-state index contributed by atoms with van der Waals surface area (Å²) in [6.07, 6.45) is -4.69. The number of carbonyl (C=O) groups excluding carboxylic acids is 2. The molecule has 1 aromatic carbocycles. The largest absolute Gasteiger partial charge is 0.492 e. The summed E-state index contributed by atoms with van der Waals surface area (Å²) in [7, 11) is 0. The molecule has 1 N–H and O–H groups in total. The van der Waals surface area contributed by atoms with Crippen LogP contribution < -0.4 is 19.5 Å². The van der Waals surface area contributed by atoms with Gasteiger partial charge in [-0.25, -0.2) is 0 Å². The number of hydrogen-bond donors (Lipinski definition) is 1. The predicted molar refractivity (Wildman–Crippen MR) is 81.8 cm³/mol. The van der Waals surface area contributed by atoms with Gasteiger partial charge in [-0.15, -0.1) is 0 Å². The molecular formula is C16H17F3N2O5. The Bertz CT molecular complexity index is 695. The molecule has 0 bridgehead atoms. The summed E-state index contributed by atoms with van der Waals surface area (Å²) in [5.74, 6) is -0.177. The van der Waals surface area contributed by atoms with Crippen LogP contribution in [0.1, 0.15) is 6.42 Å². The number of rotatable bonds is 6. The summed E-state index contributed by atoms with van der Waals surface area (Å²) in [6, 6.07) is 5.06. The Morgan fingerprint density at radius 2 is 2.08 bits per heavy atom. The highest BCUT2D eigenvalue weighted by Gasteiger charge is 2.40. The molecule has 2 amide bonds. The molecule has 142 valence electrons. The molecule has 1 aromatic rings. The molecule has 1 saturated heterocycles. The quantitative estimate of drug-likeness (QED) is 0.760. The number of halogens is 3. The van der Waals surface area contributed by atoms with Crippen LogP contribution in [-0.4, -0.2) is 55.9 Å². The summed E-state index contributed by atoms with van der Waals surface area (Å²) in [5.41, 5.74) is 0. The van der Waals surface area contributed by atoms with Gasteiger partial charge in [-0.3, -0.25) is 9.59 Å². The molecule has 3 rings (SSSR count). The Labute approximate surface area is 147 Å². The Balaban J connectivity index is 1.40. The Kier molecular flexibility index (Phi) is 5.10. The van der Waals surface area contributed by atoms with E-state index in [0.29, 0.717) is 22.1 Å². The van der Waals surface area contributed by atoms with E-state index in [9.17, 15) is 22.8 Å². The number of nitrogens with one attached hydrogen (secondary N) is 1. The highest BCUT2D eigenvalue weighted by molar-refractivity contribution is 5.89. The van der Waals surface area contributed by atoms with E-state index in [2.05, 4.69) is 5.32 Å². The smallest absolute Gasteiger partial charge is 0.406 e. The lowest BCUT2D eigenvalue weighted by Crippen LogP contribution is -2.38. The number of fused-ring (bicyclic) bond motifs is 1. The summed E-state index contributed by atoms with van der Waals surface area (Å²) < 4.78 is 53.0.